The number of anilines is 2. The van der Waals surface area contributed by atoms with Crippen LogP contribution in [0.2, 0.25) is 0 Å². The van der Waals surface area contributed by atoms with Crippen LogP contribution >= 0.6 is 0 Å². The lowest BCUT2D eigenvalue weighted by atomic mass is 10.2. The van der Waals surface area contributed by atoms with Gasteiger partial charge in [-0.1, -0.05) is 6.07 Å². The fourth-order valence-corrected chi connectivity index (χ4v) is 1.91. The van der Waals surface area contributed by atoms with Crippen LogP contribution in [0, 0.1) is 13.8 Å². The average molecular weight is 272 g/mol. The van der Waals surface area contributed by atoms with Crippen LogP contribution in [0.3, 0.4) is 0 Å². The molecule has 2 aromatic rings. The second-order valence-corrected chi connectivity index (χ2v) is 4.52. The fraction of sp³-hybridized carbons (Fsp3) is 0.200. The van der Waals surface area contributed by atoms with Crippen molar-refractivity contribution in [3.63, 3.8) is 0 Å². The number of aromatic nitrogens is 1. The number of rotatable bonds is 4. The standard InChI is InChI=1S/C15H16N2O3/c1-9-4-5-13(20-3)12(6-9)17-14-8-11(15(18)19)7-10(2)16-14/h4-8H,1-3H3,(H,16,17)(H,18,19). The lowest BCUT2D eigenvalue weighted by Gasteiger charge is -2.12. The number of ether oxygens (including phenoxy) is 1. The normalized spacial score (nSPS) is 10.2. The van der Waals surface area contributed by atoms with Crippen LogP contribution in [0.5, 0.6) is 5.75 Å². The Morgan fingerprint density at radius 1 is 1.25 bits per heavy atom. The van der Waals surface area contributed by atoms with E-state index in [1.165, 1.54) is 12.1 Å². The maximum atomic E-state index is 11.1. The van der Waals surface area contributed by atoms with Crippen molar-refractivity contribution in [3.8, 4) is 5.75 Å². The maximum absolute atomic E-state index is 11.1. The zero-order valence-corrected chi connectivity index (χ0v) is 11.6. The number of carbonyl (C=O) groups is 1. The molecule has 1 aromatic carbocycles. The Balaban J connectivity index is 2.39. The molecule has 0 bridgehead atoms. The second-order valence-electron chi connectivity index (χ2n) is 4.52. The number of nitrogens with zero attached hydrogens (tertiary/aromatic N) is 1. The summed E-state index contributed by atoms with van der Waals surface area (Å²) in [6.07, 6.45) is 0. The first-order valence-electron chi connectivity index (χ1n) is 6.13. The molecule has 0 aliphatic heterocycles. The predicted molar refractivity (Wildman–Crippen MR) is 76.9 cm³/mol. The van der Waals surface area contributed by atoms with Gasteiger partial charge in [0.2, 0.25) is 0 Å². The van der Waals surface area contributed by atoms with Gasteiger partial charge >= 0.3 is 5.97 Å². The minimum atomic E-state index is -0.977. The number of aryl methyl sites for hydroxylation is 2. The molecule has 20 heavy (non-hydrogen) atoms. The molecule has 0 fully saturated rings. The van der Waals surface area contributed by atoms with E-state index in [2.05, 4.69) is 10.3 Å². The Kier molecular flexibility index (Phi) is 3.89. The van der Waals surface area contributed by atoms with E-state index >= 15 is 0 Å². The van der Waals surface area contributed by atoms with Gasteiger partial charge in [-0.3, -0.25) is 0 Å². The molecule has 0 radical (unpaired) electrons. The molecule has 0 saturated carbocycles. The van der Waals surface area contributed by atoms with E-state index < -0.39 is 5.97 Å². The third-order valence-corrected chi connectivity index (χ3v) is 2.82. The van der Waals surface area contributed by atoms with Crippen molar-refractivity contribution in [3.05, 3.63) is 47.2 Å². The minimum Gasteiger partial charge on any atom is -0.495 e. The number of benzene rings is 1. The summed E-state index contributed by atoms with van der Waals surface area (Å²) < 4.78 is 5.27. The maximum Gasteiger partial charge on any atom is 0.335 e. The lowest BCUT2D eigenvalue weighted by molar-refractivity contribution is 0.0696. The Morgan fingerprint density at radius 2 is 2.00 bits per heavy atom. The smallest absolute Gasteiger partial charge is 0.335 e. The second kappa shape index (κ2) is 5.61. The quantitative estimate of drug-likeness (QED) is 0.894. The van der Waals surface area contributed by atoms with E-state index in [1.54, 1.807) is 14.0 Å². The van der Waals surface area contributed by atoms with Gasteiger partial charge in [-0.15, -0.1) is 0 Å². The first-order valence-corrected chi connectivity index (χ1v) is 6.13. The highest BCUT2D eigenvalue weighted by molar-refractivity contribution is 5.89. The van der Waals surface area contributed by atoms with E-state index in [1.807, 2.05) is 25.1 Å². The highest BCUT2D eigenvalue weighted by Crippen LogP contribution is 2.28. The Labute approximate surface area is 117 Å². The number of pyridine rings is 1. The summed E-state index contributed by atoms with van der Waals surface area (Å²) in [6, 6.07) is 8.74. The molecule has 0 atom stereocenters. The van der Waals surface area contributed by atoms with Gasteiger partial charge in [0.25, 0.3) is 0 Å². The highest BCUT2D eigenvalue weighted by Gasteiger charge is 2.09. The Morgan fingerprint density at radius 3 is 2.65 bits per heavy atom. The molecule has 1 aromatic heterocycles. The van der Waals surface area contributed by atoms with Crippen molar-refractivity contribution >= 4 is 17.5 Å². The van der Waals surface area contributed by atoms with Gasteiger partial charge in [-0.25, -0.2) is 9.78 Å². The molecule has 5 nitrogen and oxygen atoms in total. The molecule has 104 valence electrons. The Bertz CT molecular complexity index is 654. The molecular weight excluding hydrogens is 256 g/mol. The van der Waals surface area contributed by atoms with Gasteiger partial charge in [0.15, 0.2) is 0 Å². The van der Waals surface area contributed by atoms with Crippen LogP contribution in [0.1, 0.15) is 21.6 Å². The number of methoxy groups -OCH3 is 1. The molecule has 0 amide bonds. The van der Waals surface area contributed by atoms with Crippen molar-refractivity contribution in [1.29, 1.82) is 0 Å². The van der Waals surface area contributed by atoms with Crippen molar-refractivity contribution in [1.82, 2.24) is 4.98 Å². The van der Waals surface area contributed by atoms with Gasteiger partial charge in [0, 0.05) is 5.69 Å². The number of aromatic carboxylic acids is 1. The van der Waals surface area contributed by atoms with Crippen molar-refractivity contribution in [2.45, 2.75) is 13.8 Å². The summed E-state index contributed by atoms with van der Waals surface area (Å²) in [5.74, 6) is 0.178. The van der Waals surface area contributed by atoms with Crippen LogP contribution in [-0.4, -0.2) is 23.2 Å². The molecule has 0 spiro atoms. The summed E-state index contributed by atoms with van der Waals surface area (Å²) in [5, 5.41) is 12.2. The fourth-order valence-electron chi connectivity index (χ4n) is 1.91. The molecule has 2 rings (SSSR count). The van der Waals surface area contributed by atoms with E-state index in [9.17, 15) is 4.79 Å². The van der Waals surface area contributed by atoms with Crippen molar-refractivity contribution in [2.24, 2.45) is 0 Å². The number of hydrogen-bond donors (Lipinski definition) is 2. The first-order chi connectivity index (χ1) is 9.49. The molecule has 5 heteroatoms. The molecule has 0 unspecified atom stereocenters. The van der Waals surface area contributed by atoms with Crippen LogP contribution < -0.4 is 10.1 Å². The predicted octanol–water partition coefficient (Wildman–Crippen LogP) is 3.15. The average Bonchev–Trinajstić information content (AvgIpc) is 2.38. The minimum absolute atomic E-state index is 0.201. The largest absolute Gasteiger partial charge is 0.495 e. The molecular formula is C15H16N2O3. The third-order valence-electron chi connectivity index (χ3n) is 2.82. The van der Waals surface area contributed by atoms with Crippen molar-refractivity contribution < 1.29 is 14.6 Å². The summed E-state index contributed by atoms with van der Waals surface area (Å²) in [4.78, 5) is 15.3. The molecule has 0 aliphatic rings. The molecule has 0 aliphatic carbocycles. The topological polar surface area (TPSA) is 71.5 Å². The van der Waals surface area contributed by atoms with Gasteiger partial charge in [-0.2, -0.15) is 0 Å². The van der Waals surface area contributed by atoms with Crippen molar-refractivity contribution in [2.75, 3.05) is 12.4 Å². The number of carboxylic acid groups (broad SMARTS) is 1. The highest BCUT2D eigenvalue weighted by atomic mass is 16.5. The van der Waals surface area contributed by atoms with Crippen LogP contribution in [-0.2, 0) is 0 Å². The van der Waals surface area contributed by atoms with Crippen LogP contribution in [0.25, 0.3) is 0 Å². The van der Waals surface area contributed by atoms with Gasteiger partial charge in [0.05, 0.1) is 18.4 Å². The number of nitrogens with one attached hydrogen (secondary N) is 1. The summed E-state index contributed by atoms with van der Waals surface area (Å²) >= 11 is 0. The van der Waals surface area contributed by atoms with E-state index in [0.29, 0.717) is 17.3 Å². The summed E-state index contributed by atoms with van der Waals surface area (Å²) in [6.45, 7) is 3.72. The van der Waals surface area contributed by atoms with Gasteiger partial charge in [-0.05, 0) is 43.7 Å². The van der Waals surface area contributed by atoms with Gasteiger partial charge in [0.1, 0.15) is 11.6 Å². The van der Waals surface area contributed by atoms with E-state index in [-0.39, 0.29) is 5.56 Å². The molecule has 1 heterocycles. The number of carboxylic acids is 1. The monoisotopic (exact) mass is 272 g/mol. The van der Waals surface area contributed by atoms with E-state index in [0.717, 1.165) is 11.3 Å². The lowest BCUT2D eigenvalue weighted by Crippen LogP contribution is -2.03. The zero-order chi connectivity index (χ0) is 14.7. The Hall–Kier alpha value is -2.56. The van der Waals surface area contributed by atoms with Crippen LogP contribution in [0.15, 0.2) is 30.3 Å². The molecule has 0 saturated heterocycles. The third kappa shape index (κ3) is 3.06. The van der Waals surface area contributed by atoms with Gasteiger partial charge < -0.3 is 15.2 Å². The number of hydrogen-bond acceptors (Lipinski definition) is 4. The molecule has 2 N–H and O–H groups in total. The zero-order valence-electron chi connectivity index (χ0n) is 11.6. The van der Waals surface area contributed by atoms with Crippen LogP contribution in [0.4, 0.5) is 11.5 Å². The van der Waals surface area contributed by atoms with E-state index in [4.69, 9.17) is 9.84 Å². The SMILES string of the molecule is COc1ccc(C)cc1Nc1cc(C(=O)O)cc(C)n1. The summed E-state index contributed by atoms with van der Waals surface area (Å²) in [5.41, 5.74) is 2.66. The first kappa shape index (κ1) is 13.9. The summed E-state index contributed by atoms with van der Waals surface area (Å²) in [7, 11) is 1.59.